The predicted molar refractivity (Wildman–Crippen MR) is 101 cm³/mol. The Bertz CT molecular complexity index is 841. The van der Waals surface area contributed by atoms with Crippen molar-refractivity contribution in [3.8, 4) is 17.0 Å². The van der Waals surface area contributed by atoms with Crippen LogP contribution in [0.3, 0.4) is 0 Å². The Hall–Kier alpha value is -2.37. The fourth-order valence-corrected chi connectivity index (χ4v) is 2.89. The predicted octanol–water partition coefficient (Wildman–Crippen LogP) is 5.31. The second-order valence-corrected chi connectivity index (χ2v) is 6.38. The maximum absolute atomic E-state index is 5.90. The number of benzene rings is 2. The third-order valence-corrected chi connectivity index (χ3v) is 4.47. The molecule has 0 atom stereocenters. The molecule has 24 heavy (non-hydrogen) atoms. The third kappa shape index (κ3) is 3.93. The summed E-state index contributed by atoms with van der Waals surface area (Å²) in [7, 11) is 1.65. The Morgan fingerprint density at radius 2 is 1.83 bits per heavy atom. The van der Waals surface area contributed by atoms with Crippen LogP contribution in [0.25, 0.3) is 11.3 Å². The summed E-state index contributed by atoms with van der Waals surface area (Å²) in [6.45, 7) is 1.94. The van der Waals surface area contributed by atoms with E-state index in [9.17, 15) is 0 Å². The van der Waals surface area contributed by atoms with Crippen molar-refractivity contribution in [2.45, 2.75) is 6.92 Å². The minimum absolute atomic E-state index is 0.712. The van der Waals surface area contributed by atoms with Gasteiger partial charge in [0.1, 0.15) is 5.75 Å². The van der Waals surface area contributed by atoms with Crippen LogP contribution in [0.5, 0.6) is 5.75 Å². The number of nitrogens with one attached hydrogen (secondary N) is 1. The van der Waals surface area contributed by atoms with Gasteiger partial charge in [0.15, 0.2) is 0 Å². The highest BCUT2D eigenvalue weighted by Crippen LogP contribution is 2.26. The highest BCUT2D eigenvalue weighted by atomic mass is 35.5. The van der Waals surface area contributed by atoms with Crippen LogP contribution in [0.2, 0.25) is 5.02 Å². The lowest BCUT2D eigenvalue weighted by Gasteiger charge is -2.02. The van der Waals surface area contributed by atoms with E-state index < -0.39 is 0 Å². The summed E-state index contributed by atoms with van der Waals surface area (Å²) < 4.78 is 5.17. The van der Waals surface area contributed by atoms with Crippen LogP contribution in [0.15, 0.2) is 59.0 Å². The number of hydrogen-bond acceptors (Lipinski definition) is 5. The van der Waals surface area contributed by atoms with E-state index in [2.05, 4.69) is 15.5 Å². The van der Waals surface area contributed by atoms with Crippen molar-refractivity contribution in [1.82, 2.24) is 4.98 Å². The van der Waals surface area contributed by atoms with Crippen LogP contribution in [0.4, 0.5) is 5.13 Å². The average Bonchev–Trinajstić information content (AvgIpc) is 3.09. The van der Waals surface area contributed by atoms with Gasteiger partial charge >= 0.3 is 0 Å². The molecular weight excluding hydrogens is 342 g/mol. The van der Waals surface area contributed by atoms with Gasteiger partial charge in [-0.05, 0) is 48.9 Å². The maximum atomic E-state index is 5.90. The minimum Gasteiger partial charge on any atom is -0.497 e. The number of hydrazone groups is 1. The Labute approximate surface area is 149 Å². The van der Waals surface area contributed by atoms with E-state index in [1.807, 2.05) is 60.8 Å². The molecule has 3 rings (SSSR count). The van der Waals surface area contributed by atoms with Crippen LogP contribution in [0.1, 0.15) is 12.5 Å². The summed E-state index contributed by atoms with van der Waals surface area (Å²) in [5.41, 5.74) is 6.84. The summed E-state index contributed by atoms with van der Waals surface area (Å²) in [6.07, 6.45) is 0. The quantitative estimate of drug-likeness (QED) is 0.497. The van der Waals surface area contributed by atoms with Crippen LogP contribution in [0, 0.1) is 0 Å². The van der Waals surface area contributed by atoms with Crippen molar-refractivity contribution in [3.63, 3.8) is 0 Å². The van der Waals surface area contributed by atoms with E-state index in [4.69, 9.17) is 16.3 Å². The molecule has 0 aliphatic carbocycles. The lowest BCUT2D eigenvalue weighted by Crippen LogP contribution is -1.99. The zero-order valence-electron chi connectivity index (χ0n) is 13.3. The molecule has 0 aliphatic rings. The summed E-state index contributed by atoms with van der Waals surface area (Å²) in [4.78, 5) is 4.55. The highest BCUT2D eigenvalue weighted by Gasteiger charge is 2.05. The molecule has 0 radical (unpaired) electrons. The van der Waals surface area contributed by atoms with Crippen molar-refractivity contribution in [3.05, 3.63) is 64.5 Å². The lowest BCUT2D eigenvalue weighted by atomic mass is 10.1. The average molecular weight is 358 g/mol. The first kappa shape index (κ1) is 16.5. The number of nitrogens with zero attached hydrogens (tertiary/aromatic N) is 2. The number of rotatable bonds is 5. The highest BCUT2D eigenvalue weighted by molar-refractivity contribution is 7.14. The van der Waals surface area contributed by atoms with Gasteiger partial charge < -0.3 is 4.74 Å². The first-order valence-electron chi connectivity index (χ1n) is 7.32. The second-order valence-electron chi connectivity index (χ2n) is 5.08. The van der Waals surface area contributed by atoms with Crippen molar-refractivity contribution in [2.24, 2.45) is 5.10 Å². The van der Waals surface area contributed by atoms with Gasteiger partial charge in [0.2, 0.25) is 5.13 Å². The van der Waals surface area contributed by atoms with E-state index >= 15 is 0 Å². The number of aromatic nitrogens is 1. The summed E-state index contributed by atoms with van der Waals surface area (Å²) in [5.74, 6) is 0.829. The summed E-state index contributed by atoms with van der Waals surface area (Å²) >= 11 is 7.41. The van der Waals surface area contributed by atoms with Crippen LogP contribution in [-0.2, 0) is 0 Å². The van der Waals surface area contributed by atoms with Gasteiger partial charge in [-0.1, -0.05) is 23.7 Å². The van der Waals surface area contributed by atoms with Gasteiger partial charge in [0, 0.05) is 16.0 Å². The molecule has 0 fully saturated rings. The molecule has 0 spiro atoms. The molecular formula is C18H16ClN3OS. The van der Waals surface area contributed by atoms with E-state index in [1.165, 1.54) is 11.3 Å². The van der Waals surface area contributed by atoms with E-state index in [0.29, 0.717) is 5.02 Å². The molecule has 3 aromatic rings. The van der Waals surface area contributed by atoms with E-state index in [1.54, 1.807) is 7.11 Å². The molecule has 0 bridgehead atoms. The number of ether oxygens (including phenoxy) is 1. The Morgan fingerprint density at radius 1 is 1.12 bits per heavy atom. The number of methoxy groups -OCH3 is 1. The molecule has 1 N–H and O–H groups in total. The number of thiazole rings is 1. The number of hydrogen-bond donors (Lipinski definition) is 1. The Morgan fingerprint density at radius 3 is 2.50 bits per heavy atom. The largest absolute Gasteiger partial charge is 0.497 e. The second kappa shape index (κ2) is 7.47. The Kier molecular flexibility index (Phi) is 5.13. The smallest absolute Gasteiger partial charge is 0.203 e. The molecule has 6 heteroatoms. The van der Waals surface area contributed by atoms with E-state index in [-0.39, 0.29) is 0 Å². The first-order chi connectivity index (χ1) is 11.7. The maximum Gasteiger partial charge on any atom is 0.203 e. The van der Waals surface area contributed by atoms with Gasteiger partial charge in [0.25, 0.3) is 0 Å². The van der Waals surface area contributed by atoms with Crippen molar-refractivity contribution in [2.75, 3.05) is 12.5 Å². The summed E-state index contributed by atoms with van der Waals surface area (Å²) in [5, 5.41) is 7.83. The SMILES string of the molecule is COc1ccc(-c2csc(N/N=C(\C)c3ccc(Cl)cc3)n2)cc1. The van der Waals surface area contributed by atoms with Crippen LogP contribution < -0.4 is 10.2 Å². The van der Waals surface area contributed by atoms with Gasteiger partial charge in [-0.3, -0.25) is 5.43 Å². The monoisotopic (exact) mass is 357 g/mol. The van der Waals surface area contributed by atoms with Gasteiger partial charge in [0.05, 0.1) is 18.5 Å². The van der Waals surface area contributed by atoms with Crippen molar-refractivity contribution < 1.29 is 4.74 Å². The molecule has 0 amide bonds. The molecule has 122 valence electrons. The lowest BCUT2D eigenvalue weighted by molar-refractivity contribution is 0.415. The molecule has 1 heterocycles. The standard InChI is InChI=1S/C18H16ClN3OS/c1-12(13-3-7-15(19)8-4-13)21-22-18-20-17(11-24-18)14-5-9-16(23-2)10-6-14/h3-11H,1-2H3,(H,20,22)/b21-12+. The van der Waals surface area contributed by atoms with Gasteiger partial charge in [-0.15, -0.1) is 11.3 Å². The number of halogens is 1. The molecule has 0 aliphatic heterocycles. The normalized spacial score (nSPS) is 11.4. The Balaban J connectivity index is 1.71. The molecule has 4 nitrogen and oxygen atoms in total. The number of anilines is 1. The van der Waals surface area contributed by atoms with Crippen molar-refractivity contribution >= 4 is 33.8 Å². The van der Waals surface area contributed by atoms with Crippen molar-refractivity contribution in [1.29, 1.82) is 0 Å². The molecule has 2 aromatic carbocycles. The van der Waals surface area contributed by atoms with Crippen LogP contribution >= 0.6 is 22.9 Å². The zero-order valence-corrected chi connectivity index (χ0v) is 14.9. The molecule has 0 unspecified atom stereocenters. The van der Waals surface area contributed by atoms with Crippen LogP contribution in [-0.4, -0.2) is 17.8 Å². The fourth-order valence-electron chi connectivity index (χ4n) is 2.11. The molecule has 0 saturated heterocycles. The molecule has 1 aromatic heterocycles. The van der Waals surface area contributed by atoms with Gasteiger partial charge in [-0.2, -0.15) is 5.10 Å². The molecule has 0 saturated carbocycles. The van der Waals surface area contributed by atoms with E-state index in [0.717, 1.165) is 33.4 Å². The van der Waals surface area contributed by atoms with Gasteiger partial charge in [-0.25, -0.2) is 4.98 Å². The topological polar surface area (TPSA) is 46.5 Å². The third-order valence-electron chi connectivity index (χ3n) is 3.47. The first-order valence-corrected chi connectivity index (χ1v) is 8.57. The zero-order chi connectivity index (χ0) is 16.9. The summed E-state index contributed by atoms with van der Waals surface area (Å²) in [6, 6.07) is 15.4. The fraction of sp³-hybridized carbons (Fsp3) is 0.111. The minimum atomic E-state index is 0.712.